The third-order valence-electron chi connectivity index (χ3n) is 8.13. The molecule has 200 valence electrons. The summed E-state index contributed by atoms with van der Waals surface area (Å²) in [6.07, 6.45) is 3.29. The summed E-state index contributed by atoms with van der Waals surface area (Å²) in [5.41, 5.74) is 4.56. The predicted octanol–water partition coefficient (Wildman–Crippen LogP) is 5.36. The summed E-state index contributed by atoms with van der Waals surface area (Å²) in [6.45, 7) is 5.76. The molecule has 0 N–H and O–H groups in total. The molecule has 0 spiro atoms. The van der Waals surface area contributed by atoms with Gasteiger partial charge in [0.2, 0.25) is 0 Å². The molecule has 0 amide bonds. The minimum atomic E-state index is -0.248. The topological polar surface area (TPSA) is 78.0 Å². The Labute approximate surface area is 231 Å². The first-order chi connectivity index (χ1) is 18.9. The minimum Gasteiger partial charge on any atom is -0.364 e. The lowest BCUT2D eigenvalue weighted by molar-refractivity contribution is 0.116. The Bertz CT molecular complexity index is 1620. The summed E-state index contributed by atoms with van der Waals surface area (Å²) in [6, 6.07) is 14.2. The summed E-state index contributed by atoms with van der Waals surface area (Å²) in [5.74, 6) is 0.323. The van der Waals surface area contributed by atoms with E-state index in [9.17, 15) is 14.4 Å². The molecule has 6 rings (SSSR count). The quantitative estimate of drug-likeness (QED) is 0.327. The number of aryl methyl sites for hydroxylation is 1. The van der Waals surface area contributed by atoms with Crippen molar-refractivity contribution >= 4 is 28.1 Å². The summed E-state index contributed by atoms with van der Waals surface area (Å²) >= 11 is 1.69. The number of hydrogen-bond acceptors (Lipinski definition) is 7. The average Bonchev–Trinajstić information content (AvgIpc) is 3.69. The standard InChI is InChI=1S/C30H31FN6OS/c1-4-23-16-36(26-13-27(38)35(3)25-12-11-22(14-32)33-28(25)26)18(2)15-37(23)29(20-7-9-21(31)10-8-20)30-34-24(17-39-30)19-5-6-19/h7-13,17-19,23,29H,4-6,15-16H2,1-3H3/t18-,23+,29?/m0/s1. The van der Waals surface area contributed by atoms with E-state index in [0.717, 1.165) is 29.2 Å². The van der Waals surface area contributed by atoms with Crippen LogP contribution in [0.3, 0.4) is 0 Å². The Morgan fingerprint density at radius 2 is 1.92 bits per heavy atom. The van der Waals surface area contributed by atoms with Crippen LogP contribution in [0.1, 0.15) is 67.0 Å². The first kappa shape index (κ1) is 25.7. The van der Waals surface area contributed by atoms with Crippen LogP contribution in [0, 0.1) is 17.1 Å². The number of piperazine rings is 1. The lowest BCUT2D eigenvalue weighted by atomic mass is 9.97. The number of aromatic nitrogens is 3. The van der Waals surface area contributed by atoms with Crippen LogP contribution in [0.2, 0.25) is 0 Å². The maximum absolute atomic E-state index is 13.9. The summed E-state index contributed by atoms with van der Waals surface area (Å²) in [5, 5.41) is 12.7. The monoisotopic (exact) mass is 542 g/mol. The molecule has 4 aromatic rings. The molecule has 7 nitrogen and oxygen atoms in total. The molecule has 1 aromatic carbocycles. The summed E-state index contributed by atoms with van der Waals surface area (Å²) in [7, 11) is 1.73. The van der Waals surface area contributed by atoms with E-state index in [1.165, 1.54) is 30.7 Å². The van der Waals surface area contributed by atoms with Crippen LogP contribution in [0.5, 0.6) is 0 Å². The summed E-state index contributed by atoms with van der Waals surface area (Å²) in [4.78, 5) is 27.4. The van der Waals surface area contributed by atoms with Gasteiger partial charge in [0, 0.05) is 49.6 Å². The van der Waals surface area contributed by atoms with Gasteiger partial charge in [-0.2, -0.15) is 5.26 Å². The Kier molecular flexibility index (Phi) is 6.69. The molecular formula is C30H31FN6OS. The molecule has 2 aliphatic rings. The SMILES string of the molecule is CC[C@@H]1CN(c2cc(=O)n(C)c3ccc(C#N)nc23)[C@@H](C)CN1C(c1ccc(F)cc1)c1nc(C2CC2)cs1. The zero-order valence-electron chi connectivity index (χ0n) is 22.3. The molecule has 1 unspecified atom stereocenters. The smallest absolute Gasteiger partial charge is 0.252 e. The van der Waals surface area contributed by atoms with Gasteiger partial charge in [-0.3, -0.25) is 9.69 Å². The Hall–Kier alpha value is -3.61. The van der Waals surface area contributed by atoms with E-state index in [4.69, 9.17) is 4.98 Å². The van der Waals surface area contributed by atoms with Gasteiger partial charge in [-0.25, -0.2) is 14.4 Å². The van der Waals surface area contributed by atoms with Gasteiger partial charge < -0.3 is 9.47 Å². The lowest BCUT2D eigenvalue weighted by Gasteiger charge is -2.49. The van der Waals surface area contributed by atoms with Crippen LogP contribution < -0.4 is 10.5 Å². The highest BCUT2D eigenvalue weighted by Gasteiger charge is 2.39. The third-order valence-corrected chi connectivity index (χ3v) is 9.05. The van der Waals surface area contributed by atoms with Crippen molar-refractivity contribution in [3.63, 3.8) is 0 Å². The highest BCUT2D eigenvalue weighted by atomic mass is 32.1. The number of thiazole rings is 1. The molecule has 0 radical (unpaired) electrons. The minimum absolute atomic E-state index is 0.0569. The first-order valence-electron chi connectivity index (χ1n) is 13.5. The largest absolute Gasteiger partial charge is 0.364 e. The van der Waals surface area contributed by atoms with Crippen LogP contribution in [0.4, 0.5) is 10.1 Å². The molecule has 4 heterocycles. The van der Waals surface area contributed by atoms with Crippen LogP contribution >= 0.6 is 11.3 Å². The van der Waals surface area contributed by atoms with Gasteiger partial charge in [-0.05, 0) is 56.0 Å². The highest BCUT2D eigenvalue weighted by Crippen LogP contribution is 2.43. The first-order valence-corrected chi connectivity index (χ1v) is 14.4. The van der Waals surface area contributed by atoms with Crippen molar-refractivity contribution in [1.29, 1.82) is 5.26 Å². The maximum atomic E-state index is 13.9. The molecular weight excluding hydrogens is 511 g/mol. The molecule has 39 heavy (non-hydrogen) atoms. The molecule has 3 aromatic heterocycles. The van der Waals surface area contributed by atoms with E-state index in [1.807, 2.05) is 12.1 Å². The van der Waals surface area contributed by atoms with E-state index in [-0.39, 0.29) is 29.5 Å². The number of nitrogens with zero attached hydrogens (tertiary/aromatic N) is 6. The zero-order chi connectivity index (χ0) is 27.3. The van der Waals surface area contributed by atoms with E-state index in [2.05, 4.69) is 40.1 Å². The van der Waals surface area contributed by atoms with Crippen LogP contribution in [-0.4, -0.2) is 44.6 Å². The van der Waals surface area contributed by atoms with Gasteiger partial charge in [0.25, 0.3) is 5.56 Å². The van der Waals surface area contributed by atoms with Crippen molar-refractivity contribution in [2.45, 2.75) is 57.2 Å². The van der Waals surface area contributed by atoms with Gasteiger partial charge in [0.15, 0.2) is 0 Å². The van der Waals surface area contributed by atoms with E-state index < -0.39 is 0 Å². The second-order valence-electron chi connectivity index (χ2n) is 10.7. The van der Waals surface area contributed by atoms with Crippen molar-refractivity contribution < 1.29 is 4.39 Å². The highest BCUT2D eigenvalue weighted by molar-refractivity contribution is 7.09. The molecule has 2 fully saturated rings. The molecule has 1 aliphatic carbocycles. The zero-order valence-corrected chi connectivity index (χ0v) is 23.2. The van der Waals surface area contributed by atoms with Crippen molar-refractivity contribution in [1.82, 2.24) is 19.4 Å². The number of hydrogen-bond donors (Lipinski definition) is 0. The van der Waals surface area contributed by atoms with E-state index >= 15 is 0 Å². The molecule has 1 saturated carbocycles. The normalized spacial score (nSPS) is 20.7. The molecule has 1 aliphatic heterocycles. The molecule has 0 bridgehead atoms. The lowest BCUT2D eigenvalue weighted by Crippen LogP contribution is -2.58. The Balaban J connectivity index is 1.40. The number of rotatable bonds is 6. The van der Waals surface area contributed by atoms with Gasteiger partial charge in [0.1, 0.15) is 28.1 Å². The number of nitriles is 1. The fourth-order valence-electron chi connectivity index (χ4n) is 5.79. The summed E-state index contributed by atoms with van der Waals surface area (Å²) < 4.78 is 15.5. The molecule has 1 saturated heterocycles. The number of fused-ring (bicyclic) bond motifs is 1. The average molecular weight is 543 g/mol. The van der Waals surface area contributed by atoms with Crippen molar-refractivity contribution in [2.75, 3.05) is 18.0 Å². The van der Waals surface area contributed by atoms with E-state index in [1.54, 1.807) is 41.2 Å². The van der Waals surface area contributed by atoms with Crippen molar-refractivity contribution in [3.05, 3.63) is 86.0 Å². The van der Waals surface area contributed by atoms with Gasteiger partial charge in [-0.1, -0.05) is 19.1 Å². The second kappa shape index (κ2) is 10.2. The molecule has 9 heteroatoms. The van der Waals surface area contributed by atoms with Gasteiger partial charge in [0.05, 0.1) is 22.9 Å². The van der Waals surface area contributed by atoms with Gasteiger partial charge >= 0.3 is 0 Å². The Morgan fingerprint density at radius 1 is 1.15 bits per heavy atom. The van der Waals surface area contributed by atoms with E-state index in [0.29, 0.717) is 29.2 Å². The van der Waals surface area contributed by atoms with Crippen LogP contribution in [-0.2, 0) is 7.05 Å². The number of anilines is 1. The number of pyridine rings is 2. The predicted molar refractivity (Wildman–Crippen MR) is 152 cm³/mol. The van der Waals surface area contributed by atoms with Gasteiger partial charge in [-0.15, -0.1) is 11.3 Å². The fraction of sp³-hybridized carbons (Fsp3) is 0.400. The van der Waals surface area contributed by atoms with Crippen molar-refractivity contribution in [2.24, 2.45) is 7.05 Å². The number of halogens is 1. The fourth-order valence-corrected chi connectivity index (χ4v) is 6.83. The third kappa shape index (κ3) is 4.72. The van der Waals surface area contributed by atoms with Crippen LogP contribution in [0.25, 0.3) is 11.0 Å². The second-order valence-corrected chi connectivity index (χ2v) is 11.6. The Morgan fingerprint density at radius 3 is 2.62 bits per heavy atom. The molecule has 3 atom stereocenters. The van der Waals surface area contributed by atoms with Crippen molar-refractivity contribution in [3.8, 4) is 6.07 Å². The van der Waals surface area contributed by atoms with Crippen LogP contribution in [0.15, 0.2) is 52.6 Å². The maximum Gasteiger partial charge on any atom is 0.252 e. The number of benzene rings is 1.